The van der Waals surface area contributed by atoms with Crippen molar-refractivity contribution in [3.63, 3.8) is 0 Å². The molecule has 0 spiro atoms. The van der Waals surface area contributed by atoms with E-state index in [4.69, 9.17) is 4.42 Å². The first-order valence-electron chi connectivity index (χ1n) is 11.5. The van der Waals surface area contributed by atoms with Crippen LogP contribution in [0, 0.1) is 5.92 Å². The van der Waals surface area contributed by atoms with Crippen LogP contribution in [0.2, 0.25) is 0 Å². The number of hydrogen-bond acceptors (Lipinski definition) is 5. The van der Waals surface area contributed by atoms with E-state index >= 15 is 0 Å². The summed E-state index contributed by atoms with van der Waals surface area (Å²) >= 11 is 0. The highest BCUT2D eigenvalue weighted by molar-refractivity contribution is 6.02. The molecule has 3 amide bonds. The second-order valence-electron chi connectivity index (χ2n) is 8.58. The van der Waals surface area contributed by atoms with Gasteiger partial charge in [0.25, 0.3) is 11.8 Å². The molecule has 3 N–H and O–H groups in total. The zero-order chi connectivity index (χ0) is 24.1. The molecule has 1 aromatic carbocycles. The molecule has 9 nitrogen and oxygen atoms in total. The Kier molecular flexibility index (Phi) is 7.10. The van der Waals surface area contributed by atoms with E-state index in [-0.39, 0.29) is 23.5 Å². The van der Waals surface area contributed by atoms with E-state index in [2.05, 4.69) is 20.9 Å². The second kappa shape index (κ2) is 10.4. The van der Waals surface area contributed by atoms with Crippen LogP contribution in [0.15, 0.2) is 53.3 Å². The van der Waals surface area contributed by atoms with Gasteiger partial charge in [-0.3, -0.25) is 14.4 Å². The minimum absolute atomic E-state index is 0.126. The maximum Gasteiger partial charge on any atom is 0.287 e. The van der Waals surface area contributed by atoms with Gasteiger partial charge in [0, 0.05) is 31.5 Å². The number of carbonyl (C=O) groups excluding carboxylic acids is 3. The Labute approximate surface area is 197 Å². The summed E-state index contributed by atoms with van der Waals surface area (Å²) in [4.78, 5) is 41.5. The van der Waals surface area contributed by atoms with Gasteiger partial charge in [0.1, 0.15) is 17.5 Å². The first kappa shape index (κ1) is 23.3. The molecule has 0 aliphatic heterocycles. The van der Waals surface area contributed by atoms with Crippen LogP contribution in [0.4, 0.5) is 5.69 Å². The molecule has 2 heterocycles. The van der Waals surface area contributed by atoms with Gasteiger partial charge in [-0.2, -0.15) is 0 Å². The summed E-state index contributed by atoms with van der Waals surface area (Å²) in [6, 6.07) is 9.84. The highest BCUT2D eigenvalue weighted by atomic mass is 16.4. The third-order valence-electron chi connectivity index (χ3n) is 6.13. The molecule has 3 aromatic rings. The smallest absolute Gasteiger partial charge is 0.287 e. The van der Waals surface area contributed by atoms with Gasteiger partial charge in [0.15, 0.2) is 5.76 Å². The molecule has 1 saturated carbocycles. The summed E-state index contributed by atoms with van der Waals surface area (Å²) in [6.45, 7) is 0. The minimum Gasteiger partial charge on any atom is -0.451 e. The number of nitrogens with one attached hydrogen (secondary N) is 3. The van der Waals surface area contributed by atoms with Gasteiger partial charge in [-0.1, -0.05) is 19.3 Å². The predicted octanol–water partition coefficient (Wildman–Crippen LogP) is 3.36. The number of hydrogen-bond donors (Lipinski definition) is 3. The van der Waals surface area contributed by atoms with Crippen LogP contribution in [0.1, 0.15) is 53.1 Å². The Bertz CT molecular complexity index is 1160. The van der Waals surface area contributed by atoms with Gasteiger partial charge in [-0.15, -0.1) is 0 Å². The molecule has 178 valence electrons. The lowest BCUT2D eigenvalue weighted by Crippen LogP contribution is -2.50. The number of amides is 3. The zero-order valence-corrected chi connectivity index (χ0v) is 19.3. The minimum atomic E-state index is -0.576. The number of aryl methyl sites for hydroxylation is 1. The van der Waals surface area contributed by atoms with E-state index in [9.17, 15) is 14.4 Å². The largest absolute Gasteiger partial charge is 0.451 e. The van der Waals surface area contributed by atoms with Gasteiger partial charge in [-0.25, -0.2) is 4.98 Å². The average Bonchev–Trinajstić information content (AvgIpc) is 3.53. The molecule has 4 rings (SSSR count). The maximum absolute atomic E-state index is 12.8. The van der Waals surface area contributed by atoms with Gasteiger partial charge in [0.2, 0.25) is 5.91 Å². The summed E-state index contributed by atoms with van der Waals surface area (Å²) in [6.07, 6.45) is 8.35. The third-order valence-corrected chi connectivity index (χ3v) is 6.13. The van der Waals surface area contributed by atoms with Crippen molar-refractivity contribution in [1.29, 1.82) is 0 Å². The van der Waals surface area contributed by atoms with Crippen LogP contribution < -0.4 is 16.0 Å². The van der Waals surface area contributed by atoms with Gasteiger partial charge >= 0.3 is 0 Å². The molecule has 0 bridgehead atoms. The average molecular weight is 464 g/mol. The summed E-state index contributed by atoms with van der Waals surface area (Å²) in [7, 11) is 3.38. The molecule has 1 aliphatic rings. The van der Waals surface area contributed by atoms with Crippen LogP contribution in [0.3, 0.4) is 0 Å². The van der Waals surface area contributed by atoms with Crippen molar-refractivity contribution >= 4 is 23.4 Å². The summed E-state index contributed by atoms with van der Waals surface area (Å²) < 4.78 is 7.49. The Morgan fingerprint density at radius 3 is 2.41 bits per heavy atom. The van der Waals surface area contributed by atoms with Crippen molar-refractivity contribution in [2.45, 2.75) is 38.1 Å². The highest BCUT2D eigenvalue weighted by Crippen LogP contribution is 2.28. The first-order valence-corrected chi connectivity index (χ1v) is 11.5. The molecule has 34 heavy (non-hydrogen) atoms. The highest BCUT2D eigenvalue weighted by Gasteiger charge is 2.31. The van der Waals surface area contributed by atoms with E-state index < -0.39 is 11.9 Å². The quantitative estimate of drug-likeness (QED) is 0.497. The van der Waals surface area contributed by atoms with Crippen LogP contribution in [0.5, 0.6) is 0 Å². The fraction of sp³-hybridized carbons (Fsp3) is 0.360. The lowest BCUT2D eigenvalue weighted by atomic mass is 9.83. The molecular formula is C25H29N5O4. The number of carbonyl (C=O) groups is 3. The molecule has 9 heteroatoms. The molecule has 1 atom stereocenters. The van der Waals surface area contributed by atoms with Crippen molar-refractivity contribution in [1.82, 2.24) is 20.2 Å². The second-order valence-corrected chi connectivity index (χ2v) is 8.58. The molecular weight excluding hydrogens is 434 g/mol. The van der Waals surface area contributed by atoms with E-state index in [1.54, 1.807) is 67.6 Å². The first-order chi connectivity index (χ1) is 16.4. The number of furan rings is 1. The van der Waals surface area contributed by atoms with E-state index in [0.29, 0.717) is 17.1 Å². The SMILES string of the molecule is CNC(=O)[C@@H](NC(=O)c1ccc(-c2ccc(NC(=O)c3cn(C)cn3)cc2)o1)C1CCCCC1. The number of nitrogens with zero attached hydrogens (tertiary/aromatic N) is 2. The lowest BCUT2D eigenvalue weighted by molar-refractivity contribution is -0.124. The van der Waals surface area contributed by atoms with Crippen molar-refractivity contribution in [3.05, 3.63) is 60.4 Å². The third kappa shape index (κ3) is 5.36. The molecule has 1 aliphatic carbocycles. The maximum atomic E-state index is 12.8. The van der Waals surface area contributed by atoms with Crippen LogP contribution >= 0.6 is 0 Å². The van der Waals surface area contributed by atoms with Crippen molar-refractivity contribution < 1.29 is 18.8 Å². The van der Waals surface area contributed by atoms with Crippen molar-refractivity contribution in [2.24, 2.45) is 13.0 Å². The molecule has 0 saturated heterocycles. The van der Waals surface area contributed by atoms with Gasteiger partial charge in [-0.05, 0) is 55.2 Å². The van der Waals surface area contributed by atoms with E-state index in [1.807, 2.05) is 0 Å². The number of anilines is 1. The van der Waals surface area contributed by atoms with Crippen molar-refractivity contribution in [2.75, 3.05) is 12.4 Å². The van der Waals surface area contributed by atoms with Crippen LogP contribution in [-0.4, -0.2) is 40.4 Å². The zero-order valence-electron chi connectivity index (χ0n) is 19.3. The van der Waals surface area contributed by atoms with Gasteiger partial charge < -0.3 is 24.9 Å². The van der Waals surface area contributed by atoms with Crippen LogP contribution in [0.25, 0.3) is 11.3 Å². The van der Waals surface area contributed by atoms with Gasteiger partial charge in [0.05, 0.1) is 6.33 Å². The molecule has 0 radical (unpaired) electrons. The summed E-state index contributed by atoms with van der Waals surface area (Å²) in [5, 5.41) is 8.32. The standard InChI is InChI=1S/C25H29N5O4/c1-26-25(33)22(17-6-4-3-5-7-17)29-24(32)21-13-12-20(34-21)16-8-10-18(11-9-16)28-23(31)19-14-30(2)15-27-19/h8-15,17,22H,3-7H2,1-2H3,(H,26,33)(H,28,31)(H,29,32)/t22-/m0/s1. The van der Waals surface area contributed by atoms with Crippen LogP contribution in [-0.2, 0) is 11.8 Å². The Hall–Kier alpha value is -3.88. The topological polar surface area (TPSA) is 118 Å². The summed E-state index contributed by atoms with van der Waals surface area (Å²) in [5.41, 5.74) is 1.70. The number of aromatic nitrogens is 2. The Balaban J connectivity index is 1.41. The number of likely N-dealkylation sites (N-methyl/N-ethyl adjacent to an activating group) is 1. The lowest BCUT2D eigenvalue weighted by Gasteiger charge is -2.29. The van der Waals surface area contributed by atoms with Crippen molar-refractivity contribution in [3.8, 4) is 11.3 Å². The number of benzene rings is 1. The predicted molar refractivity (Wildman–Crippen MR) is 127 cm³/mol. The van der Waals surface area contributed by atoms with E-state index in [0.717, 1.165) is 37.7 Å². The monoisotopic (exact) mass is 463 g/mol. The molecule has 1 fully saturated rings. The fourth-order valence-electron chi connectivity index (χ4n) is 4.29. The fourth-order valence-corrected chi connectivity index (χ4v) is 4.29. The Morgan fingerprint density at radius 1 is 1.03 bits per heavy atom. The number of rotatable bonds is 7. The molecule has 2 aromatic heterocycles. The normalized spacial score (nSPS) is 14.9. The molecule has 0 unspecified atom stereocenters. The Morgan fingerprint density at radius 2 is 1.76 bits per heavy atom. The van der Waals surface area contributed by atoms with E-state index in [1.165, 1.54) is 0 Å². The summed E-state index contributed by atoms with van der Waals surface area (Å²) in [5.74, 6) is -0.107. The number of imidazole rings is 1.